The van der Waals surface area contributed by atoms with Crippen LogP contribution in [0.25, 0.3) is 0 Å². The van der Waals surface area contributed by atoms with Crippen molar-refractivity contribution < 1.29 is 4.79 Å². The Bertz CT molecular complexity index is 422. The molecule has 2 aliphatic heterocycles. The summed E-state index contributed by atoms with van der Waals surface area (Å²) in [5.74, 6) is 0.167. The number of carbonyl (C=O) groups is 1. The van der Waals surface area contributed by atoms with Crippen LogP contribution in [-0.2, 0) is 10.2 Å². The van der Waals surface area contributed by atoms with Gasteiger partial charge in [0.25, 0.3) is 0 Å². The first kappa shape index (κ1) is 13.1. The Labute approximate surface area is 109 Å². The van der Waals surface area contributed by atoms with Crippen LogP contribution in [0.3, 0.4) is 0 Å². The van der Waals surface area contributed by atoms with Crippen LogP contribution in [-0.4, -0.2) is 19.0 Å². The molecule has 3 heteroatoms. The highest BCUT2D eigenvalue weighted by Gasteiger charge is 2.40. The third-order valence-electron chi connectivity index (χ3n) is 3.83. The van der Waals surface area contributed by atoms with E-state index in [1.807, 2.05) is 26.0 Å². The number of para-hydroxylation sites is 1. The minimum absolute atomic E-state index is 0.0875. The molecule has 18 heavy (non-hydrogen) atoms. The van der Waals surface area contributed by atoms with Crippen molar-refractivity contribution in [3.63, 3.8) is 0 Å². The highest BCUT2D eigenvalue weighted by molar-refractivity contribution is 5.95. The number of nitrogens with one attached hydrogen (secondary N) is 2. The standard InChI is InChI=1S/C13H16N2O.C2H6/c16-12-9-13(5-7-14-8-6-13)10-3-1-2-4-11(10)15-12;1-2/h1-4,14H,5-9H2,(H,15,16);1-2H3. The maximum atomic E-state index is 11.8. The zero-order valence-corrected chi connectivity index (χ0v) is 11.3. The van der Waals surface area contributed by atoms with Crippen LogP contribution >= 0.6 is 0 Å². The maximum Gasteiger partial charge on any atom is 0.225 e. The van der Waals surface area contributed by atoms with Crippen molar-refractivity contribution in [1.29, 1.82) is 0 Å². The average molecular weight is 246 g/mol. The van der Waals surface area contributed by atoms with Crippen LogP contribution in [0.2, 0.25) is 0 Å². The summed E-state index contributed by atoms with van der Waals surface area (Å²) >= 11 is 0. The average Bonchev–Trinajstić information content (AvgIpc) is 2.42. The first-order chi connectivity index (χ1) is 8.80. The van der Waals surface area contributed by atoms with Crippen molar-refractivity contribution in [1.82, 2.24) is 5.32 Å². The Balaban J connectivity index is 0.000000574. The van der Waals surface area contributed by atoms with Crippen LogP contribution in [0.5, 0.6) is 0 Å². The van der Waals surface area contributed by atoms with Crippen LogP contribution < -0.4 is 10.6 Å². The summed E-state index contributed by atoms with van der Waals surface area (Å²) < 4.78 is 0. The van der Waals surface area contributed by atoms with Gasteiger partial charge in [0.15, 0.2) is 0 Å². The fraction of sp³-hybridized carbons (Fsp3) is 0.533. The fourth-order valence-electron chi connectivity index (χ4n) is 3.00. The molecule has 0 saturated carbocycles. The predicted molar refractivity (Wildman–Crippen MR) is 74.8 cm³/mol. The Hall–Kier alpha value is -1.35. The number of amides is 1. The Kier molecular flexibility index (Phi) is 4.02. The van der Waals surface area contributed by atoms with Gasteiger partial charge in [-0.3, -0.25) is 4.79 Å². The second-order valence-corrected chi connectivity index (χ2v) is 4.80. The lowest BCUT2D eigenvalue weighted by molar-refractivity contribution is -0.118. The molecule has 1 saturated heterocycles. The minimum atomic E-state index is 0.0875. The Morgan fingerprint density at radius 3 is 2.50 bits per heavy atom. The van der Waals surface area contributed by atoms with Gasteiger partial charge in [-0.2, -0.15) is 0 Å². The molecular formula is C15H22N2O. The number of benzene rings is 1. The van der Waals surface area contributed by atoms with E-state index in [0.717, 1.165) is 31.6 Å². The second kappa shape index (κ2) is 5.53. The van der Waals surface area contributed by atoms with E-state index in [1.54, 1.807) is 0 Å². The summed E-state index contributed by atoms with van der Waals surface area (Å²) in [5.41, 5.74) is 2.43. The summed E-state index contributed by atoms with van der Waals surface area (Å²) in [6, 6.07) is 8.23. The molecule has 2 aliphatic rings. The number of piperidine rings is 1. The molecule has 1 fully saturated rings. The normalized spacial score (nSPS) is 20.4. The number of hydrogen-bond acceptors (Lipinski definition) is 2. The molecule has 1 spiro atoms. The zero-order valence-electron chi connectivity index (χ0n) is 11.3. The molecule has 0 aromatic heterocycles. The first-order valence-electron chi connectivity index (χ1n) is 6.90. The molecule has 2 heterocycles. The van der Waals surface area contributed by atoms with Crippen molar-refractivity contribution in [2.24, 2.45) is 0 Å². The Morgan fingerprint density at radius 1 is 1.11 bits per heavy atom. The van der Waals surface area contributed by atoms with Gasteiger partial charge < -0.3 is 10.6 Å². The van der Waals surface area contributed by atoms with Gasteiger partial charge in [0, 0.05) is 17.5 Å². The number of anilines is 1. The lowest BCUT2D eigenvalue weighted by atomic mass is 9.68. The van der Waals surface area contributed by atoms with Crippen LogP contribution in [0.1, 0.15) is 38.7 Å². The van der Waals surface area contributed by atoms with Crippen molar-refractivity contribution in [3.8, 4) is 0 Å². The number of carbonyl (C=O) groups excluding carboxylic acids is 1. The van der Waals surface area contributed by atoms with E-state index in [1.165, 1.54) is 5.56 Å². The van der Waals surface area contributed by atoms with E-state index in [-0.39, 0.29) is 11.3 Å². The van der Waals surface area contributed by atoms with Crippen LogP contribution in [0.15, 0.2) is 24.3 Å². The minimum Gasteiger partial charge on any atom is -0.326 e. The summed E-state index contributed by atoms with van der Waals surface area (Å²) in [6.45, 7) is 6.03. The van der Waals surface area contributed by atoms with Gasteiger partial charge in [-0.15, -0.1) is 0 Å². The molecule has 0 atom stereocenters. The fourth-order valence-corrected chi connectivity index (χ4v) is 3.00. The van der Waals surface area contributed by atoms with Gasteiger partial charge >= 0.3 is 0 Å². The highest BCUT2D eigenvalue weighted by atomic mass is 16.1. The van der Waals surface area contributed by atoms with Gasteiger partial charge in [0.1, 0.15) is 0 Å². The molecule has 0 radical (unpaired) electrons. The topological polar surface area (TPSA) is 41.1 Å². The quantitative estimate of drug-likeness (QED) is 0.739. The molecule has 3 rings (SSSR count). The van der Waals surface area contributed by atoms with Gasteiger partial charge in [-0.1, -0.05) is 32.0 Å². The zero-order chi connectivity index (χ0) is 13.0. The van der Waals surface area contributed by atoms with Gasteiger partial charge in [0.2, 0.25) is 5.91 Å². The molecule has 0 unspecified atom stereocenters. The van der Waals surface area contributed by atoms with E-state index < -0.39 is 0 Å². The molecule has 1 aromatic carbocycles. The van der Waals surface area contributed by atoms with Crippen LogP contribution in [0, 0.1) is 0 Å². The van der Waals surface area contributed by atoms with Crippen molar-refractivity contribution in [2.45, 2.75) is 38.5 Å². The van der Waals surface area contributed by atoms with E-state index in [4.69, 9.17) is 0 Å². The summed E-state index contributed by atoms with van der Waals surface area (Å²) in [6.07, 6.45) is 2.78. The number of rotatable bonds is 0. The summed E-state index contributed by atoms with van der Waals surface area (Å²) in [4.78, 5) is 11.8. The van der Waals surface area contributed by atoms with Crippen molar-refractivity contribution in [2.75, 3.05) is 18.4 Å². The molecule has 98 valence electrons. The third kappa shape index (κ3) is 2.27. The maximum absolute atomic E-state index is 11.8. The molecule has 3 nitrogen and oxygen atoms in total. The highest BCUT2D eigenvalue weighted by Crippen LogP contribution is 2.43. The van der Waals surface area contributed by atoms with Gasteiger partial charge in [-0.25, -0.2) is 0 Å². The second-order valence-electron chi connectivity index (χ2n) is 4.80. The largest absolute Gasteiger partial charge is 0.326 e. The molecule has 2 N–H and O–H groups in total. The molecule has 1 amide bonds. The predicted octanol–water partition coefficient (Wildman–Crippen LogP) is 2.68. The van der Waals surface area contributed by atoms with Crippen molar-refractivity contribution in [3.05, 3.63) is 29.8 Å². The molecule has 1 aromatic rings. The molecular weight excluding hydrogens is 224 g/mol. The smallest absolute Gasteiger partial charge is 0.225 e. The lowest BCUT2D eigenvalue weighted by Crippen LogP contribution is -2.45. The third-order valence-corrected chi connectivity index (χ3v) is 3.83. The van der Waals surface area contributed by atoms with E-state index in [0.29, 0.717) is 6.42 Å². The Morgan fingerprint density at radius 2 is 1.78 bits per heavy atom. The molecule has 0 bridgehead atoms. The SMILES string of the molecule is CC.O=C1CC2(CCNCC2)c2ccccc2N1. The number of fused-ring (bicyclic) bond motifs is 2. The monoisotopic (exact) mass is 246 g/mol. The van der Waals surface area contributed by atoms with Crippen molar-refractivity contribution >= 4 is 11.6 Å². The number of hydrogen-bond donors (Lipinski definition) is 2. The van der Waals surface area contributed by atoms with E-state index >= 15 is 0 Å². The van der Waals surface area contributed by atoms with E-state index in [2.05, 4.69) is 22.8 Å². The summed E-state index contributed by atoms with van der Waals surface area (Å²) in [7, 11) is 0. The van der Waals surface area contributed by atoms with Gasteiger partial charge in [-0.05, 0) is 37.6 Å². The van der Waals surface area contributed by atoms with Gasteiger partial charge in [0.05, 0.1) is 0 Å². The molecule has 0 aliphatic carbocycles. The lowest BCUT2D eigenvalue weighted by Gasteiger charge is -2.41. The van der Waals surface area contributed by atoms with Crippen LogP contribution in [0.4, 0.5) is 5.69 Å². The summed E-state index contributed by atoms with van der Waals surface area (Å²) in [5, 5.41) is 6.34. The van der Waals surface area contributed by atoms with E-state index in [9.17, 15) is 4.79 Å². The first-order valence-corrected chi connectivity index (χ1v) is 6.90.